The third kappa shape index (κ3) is 4.43. The fourth-order valence-electron chi connectivity index (χ4n) is 2.78. The molecule has 0 saturated carbocycles. The van der Waals surface area contributed by atoms with Crippen LogP contribution >= 0.6 is 0 Å². The predicted octanol–water partition coefficient (Wildman–Crippen LogP) is 2.98. The van der Waals surface area contributed by atoms with Crippen LogP contribution in [-0.4, -0.2) is 38.3 Å². The van der Waals surface area contributed by atoms with Crippen molar-refractivity contribution < 1.29 is 4.74 Å². The van der Waals surface area contributed by atoms with Crippen LogP contribution < -0.4 is 0 Å². The van der Waals surface area contributed by atoms with Crippen LogP contribution in [0.25, 0.3) is 0 Å². The number of rotatable bonds is 5. The Morgan fingerprint density at radius 1 is 1.17 bits per heavy atom. The minimum Gasteiger partial charge on any atom is -0.384 e. The van der Waals surface area contributed by atoms with Gasteiger partial charge in [0.1, 0.15) is 0 Å². The van der Waals surface area contributed by atoms with Crippen molar-refractivity contribution in [1.29, 1.82) is 0 Å². The van der Waals surface area contributed by atoms with Crippen LogP contribution in [0.2, 0.25) is 0 Å². The van der Waals surface area contributed by atoms with Gasteiger partial charge >= 0.3 is 0 Å². The number of benzene rings is 1. The molecule has 0 spiro atoms. The molecule has 1 aromatic rings. The van der Waals surface area contributed by atoms with Crippen LogP contribution in [0.4, 0.5) is 0 Å². The lowest BCUT2D eigenvalue weighted by atomic mass is 10.0. The van der Waals surface area contributed by atoms with Gasteiger partial charge < -0.3 is 9.64 Å². The van der Waals surface area contributed by atoms with E-state index in [0.717, 1.165) is 12.5 Å². The van der Waals surface area contributed by atoms with E-state index in [0.29, 0.717) is 0 Å². The van der Waals surface area contributed by atoms with Gasteiger partial charge in [-0.2, -0.15) is 0 Å². The van der Waals surface area contributed by atoms with E-state index in [4.69, 9.17) is 4.74 Å². The van der Waals surface area contributed by atoms with Gasteiger partial charge in [-0.1, -0.05) is 30.3 Å². The highest BCUT2D eigenvalue weighted by Gasteiger charge is 2.16. The standard InChI is InChI=1S/C16H25NO/c1-18-14-16-8-5-11-17(13-10-16)12-9-15-6-3-2-4-7-15/h2-4,6-7,16H,5,8-14H2,1H3. The van der Waals surface area contributed by atoms with Gasteiger partial charge in [-0.25, -0.2) is 0 Å². The van der Waals surface area contributed by atoms with E-state index >= 15 is 0 Å². The fourth-order valence-corrected chi connectivity index (χ4v) is 2.78. The van der Waals surface area contributed by atoms with Gasteiger partial charge in [0.05, 0.1) is 0 Å². The molecule has 1 aromatic carbocycles. The lowest BCUT2D eigenvalue weighted by Gasteiger charge is -2.20. The van der Waals surface area contributed by atoms with E-state index in [-0.39, 0.29) is 0 Å². The number of hydrogen-bond donors (Lipinski definition) is 0. The zero-order valence-corrected chi connectivity index (χ0v) is 11.5. The Bertz CT molecular complexity index is 325. The summed E-state index contributed by atoms with van der Waals surface area (Å²) in [4.78, 5) is 2.61. The summed E-state index contributed by atoms with van der Waals surface area (Å²) in [6.45, 7) is 4.63. The average Bonchev–Trinajstić information content (AvgIpc) is 2.64. The Kier molecular flexibility index (Phi) is 5.69. The van der Waals surface area contributed by atoms with Gasteiger partial charge in [0.2, 0.25) is 0 Å². The summed E-state index contributed by atoms with van der Waals surface area (Å²) >= 11 is 0. The van der Waals surface area contributed by atoms with Crippen LogP contribution in [0.1, 0.15) is 24.8 Å². The third-order valence-corrected chi connectivity index (χ3v) is 3.90. The molecule has 2 rings (SSSR count). The maximum Gasteiger partial charge on any atom is 0.0490 e. The third-order valence-electron chi connectivity index (χ3n) is 3.90. The van der Waals surface area contributed by atoms with Gasteiger partial charge in [0, 0.05) is 20.3 Å². The lowest BCUT2D eigenvalue weighted by molar-refractivity contribution is 0.143. The van der Waals surface area contributed by atoms with Crippen molar-refractivity contribution in [3.63, 3.8) is 0 Å². The molecule has 1 heterocycles. The minimum atomic E-state index is 0.775. The summed E-state index contributed by atoms with van der Waals surface area (Å²) in [6, 6.07) is 10.8. The number of likely N-dealkylation sites (tertiary alicyclic amines) is 1. The highest BCUT2D eigenvalue weighted by atomic mass is 16.5. The zero-order valence-electron chi connectivity index (χ0n) is 11.5. The van der Waals surface area contributed by atoms with Crippen LogP contribution in [0, 0.1) is 5.92 Å². The van der Waals surface area contributed by atoms with Crippen LogP contribution in [0.3, 0.4) is 0 Å². The van der Waals surface area contributed by atoms with E-state index < -0.39 is 0 Å². The van der Waals surface area contributed by atoms with Crippen LogP contribution in [-0.2, 0) is 11.2 Å². The largest absolute Gasteiger partial charge is 0.384 e. The molecule has 1 fully saturated rings. The summed E-state index contributed by atoms with van der Waals surface area (Å²) in [5, 5.41) is 0. The van der Waals surface area contributed by atoms with Crippen molar-refractivity contribution in [3.05, 3.63) is 35.9 Å². The topological polar surface area (TPSA) is 12.5 Å². The Hall–Kier alpha value is -0.860. The van der Waals surface area contributed by atoms with Gasteiger partial charge in [0.15, 0.2) is 0 Å². The average molecular weight is 247 g/mol. The Morgan fingerprint density at radius 2 is 2.00 bits per heavy atom. The molecule has 2 heteroatoms. The number of nitrogens with zero attached hydrogens (tertiary/aromatic N) is 1. The normalized spacial score (nSPS) is 21.7. The van der Waals surface area contributed by atoms with Crippen molar-refractivity contribution in [3.8, 4) is 0 Å². The zero-order chi connectivity index (χ0) is 12.6. The van der Waals surface area contributed by atoms with E-state index in [1.54, 1.807) is 0 Å². The first-order valence-electron chi connectivity index (χ1n) is 7.13. The first-order chi connectivity index (χ1) is 8.88. The second-order valence-corrected chi connectivity index (χ2v) is 5.33. The molecular formula is C16H25NO. The smallest absolute Gasteiger partial charge is 0.0490 e. The van der Waals surface area contributed by atoms with Crippen LogP contribution in [0.15, 0.2) is 30.3 Å². The molecule has 1 unspecified atom stereocenters. The molecule has 18 heavy (non-hydrogen) atoms. The van der Waals surface area contributed by atoms with Crippen molar-refractivity contribution in [1.82, 2.24) is 4.90 Å². The van der Waals surface area contributed by atoms with Gasteiger partial charge in [-0.15, -0.1) is 0 Å². The number of hydrogen-bond acceptors (Lipinski definition) is 2. The second-order valence-electron chi connectivity index (χ2n) is 5.33. The maximum atomic E-state index is 5.28. The summed E-state index contributed by atoms with van der Waals surface area (Å²) < 4.78 is 5.28. The Labute approximate surface area is 111 Å². The van der Waals surface area contributed by atoms with Gasteiger partial charge in [0.25, 0.3) is 0 Å². The van der Waals surface area contributed by atoms with Crippen molar-refractivity contribution in [2.45, 2.75) is 25.7 Å². The summed E-state index contributed by atoms with van der Waals surface area (Å²) in [5.41, 5.74) is 1.45. The molecule has 0 aromatic heterocycles. The Balaban J connectivity index is 1.73. The molecule has 0 N–H and O–H groups in total. The summed E-state index contributed by atoms with van der Waals surface area (Å²) in [7, 11) is 1.82. The van der Waals surface area contributed by atoms with Crippen molar-refractivity contribution >= 4 is 0 Å². The maximum absolute atomic E-state index is 5.28. The molecule has 1 aliphatic rings. The number of methoxy groups -OCH3 is 1. The van der Waals surface area contributed by atoms with Crippen LogP contribution in [0.5, 0.6) is 0 Å². The summed E-state index contributed by atoms with van der Waals surface area (Å²) in [5.74, 6) is 0.775. The molecular weight excluding hydrogens is 222 g/mol. The van der Waals surface area contributed by atoms with E-state index in [2.05, 4.69) is 35.2 Å². The van der Waals surface area contributed by atoms with Crippen molar-refractivity contribution in [2.24, 2.45) is 5.92 Å². The monoisotopic (exact) mass is 247 g/mol. The highest BCUT2D eigenvalue weighted by Crippen LogP contribution is 2.17. The highest BCUT2D eigenvalue weighted by molar-refractivity contribution is 5.14. The lowest BCUT2D eigenvalue weighted by Crippen LogP contribution is -2.27. The molecule has 0 bridgehead atoms. The second kappa shape index (κ2) is 7.55. The predicted molar refractivity (Wildman–Crippen MR) is 75.8 cm³/mol. The molecule has 1 saturated heterocycles. The number of ether oxygens (including phenoxy) is 1. The molecule has 1 atom stereocenters. The molecule has 2 nitrogen and oxygen atoms in total. The molecule has 0 radical (unpaired) electrons. The van der Waals surface area contributed by atoms with Gasteiger partial charge in [-0.05, 0) is 50.3 Å². The van der Waals surface area contributed by atoms with E-state index in [1.807, 2.05) is 7.11 Å². The SMILES string of the molecule is COCC1CCCN(CCc2ccccc2)CC1. The fraction of sp³-hybridized carbons (Fsp3) is 0.625. The van der Waals surface area contributed by atoms with E-state index in [1.165, 1.54) is 50.9 Å². The first kappa shape index (κ1) is 13.6. The first-order valence-corrected chi connectivity index (χ1v) is 7.13. The molecule has 0 amide bonds. The quantitative estimate of drug-likeness (QED) is 0.793. The van der Waals surface area contributed by atoms with E-state index in [9.17, 15) is 0 Å². The van der Waals surface area contributed by atoms with Gasteiger partial charge in [-0.3, -0.25) is 0 Å². The molecule has 1 aliphatic heterocycles. The molecule has 100 valence electrons. The molecule has 0 aliphatic carbocycles. The Morgan fingerprint density at radius 3 is 2.78 bits per heavy atom. The van der Waals surface area contributed by atoms with Crippen molar-refractivity contribution in [2.75, 3.05) is 33.4 Å². The minimum absolute atomic E-state index is 0.775. The summed E-state index contributed by atoms with van der Waals surface area (Å²) in [6.07, 6.45) is 5.12.